The zero-order chi connectivity index (χ0) is 12.4. The third-order valence-corrected chi connectivity index (χ3v) is 3.05. The van der Waals surface area contributed by atoms with E-state index in [1.54, 1.807) is 6.07 Å². The van der Waals surface area contributed by atoms with Crippen LogP contribution in [0, 0.1) is 0 Å². The molecule has 2 rings (SSSR count). The smallest absolute Gasteiger partial charge is 0.198 e. The van der Waals surface area contributed by atoms with Crippen molar-refractivity contribution >= 4 is 33.5 Å². The molecule has 0 aliphatic carbocycles. The van der Waals surface area contributed by atoms with Crippen molar-refractivity contribution in [3.05, 3.63) is 27.8 Å². The van der Waals surface area contributed by atoms with E-state index in [2.05, 4.69) is 25.9 Å². The standard InChI is InChI=1S/C11H11BrClN3O/c1-2-17-8-4-3-6(5-7(8)13)9-10(12)16-11(14)15-9/h3-5H,2H2,1H3,(H3,14,15,16). The van der Waals surface area contributed by atoms with Crippen molar-refractivity contribution in [3.63, 3.8) is 0 Å². The van der Waals surface area contributed by atoms with Gasteiger partial charge in [-0.05, 0) is 41.1 Å². The molecular weight excluding hydrogens is 305 g/mol. The van der Waals surface area contributed by atoms with Gasteiger partial charge in [-0.2, -0.15) is 0 Å². The second-order valence-corrected chi connectivity index (χ2v) is 4.56. The van der Waals surface area contributed by atoms with Gasteiger partial charge in [0.25, 0.3) is 0 Å². The second-order valence-electron chi connectivity index (χ2n) is 3.36. The van der Waals surface area contributed by atoms with Crippen LogP contribution in [-0.4, -0.2) is 16.6 Å². The summed E-state index contributed by atoms with van der Waals surface area (Å²) in [5.74, 6) is 1.02. The van der Waals surface area contributed by atoms with Crippen molar-refractivity contribution in [1.29, 1.82) is 0 Å². The largest absolute Gasteiger partial charge is 0.492 e. The van der Waals surface area contributed by atoms with Gasteiger partial charge in [0.1, 0.15) is 16.0 Å². The molecule has 0 unspecified atom stereocenters. The molecule has 1 aromatic carbocycles. The van der Waals surface area contributed by atoms with E-state index in [-0.39, 0.29) is 0 Å². The fourth-order valence-electron chi connectivity index (χ4n) is 1.48. The third-order valence-electron chi connectivity index (χ3n) is 2.18. The van der Waals surface area contributed by atoms with E-state index in [9.17, 15) is 0 Å². The minimum Gasteiger partial charge on any atom is -0.492 e. The van der Waals surface area contributed by atoms with Crippen LogP contribution in [0.25, 0.3) is 11.3 Å². The number of imidazole rings is 1. The lowest BCUT2D eigenvalue weighted by molar-refractivity contribution is 0.340. The Morgan fingerprint density at radius 2 is 2.29 bits per heavy atom. The quantitative estimate of drug-likeness (QED) is 0.911. The number of aromatic nitrogens is 2. The number of anilines is 1. The molecule has 6 heteroatoms. The number of aromatic amines is 1. The Morgan fingerprint density at radius 3 is 2.82 bits per heavy atom. The number of ether oxygens (including phenoxy) is 1. The Hall–Kier alpha value is -1.20. The number of nitrogens with two attached hydrogens (primary N) is 1. The number of rotatable bonds is 3. The van der Waals surface area contributed by atoms with Crippen LogP contribution in [0.4, 0.5) is 5.95 Å². The molecule has 0 aliphatic heterocycles. The third kappa shape index (κ3) is 2.56. The van der Waals surface area contributed by atoms with E-state index in [1.165, 1.54) is 0 Å². The molecule has 0 fully saturated rings. The average Bonchev–Trinajstić information content (AvgIpc) is 2.61. The Morgan fingerprint density at radius 1 is 1.53 bits per heavy atom. The van der Waals surface area contributed by atoms with Crippen molar-refractivity contribution in [3.8, 4) is 17.0 Å². The maximum absolute atomic E-state index is 6.11. The molecule has 0 bridgehead atoms. The number of nitrogen functional groups attached to an aromatic ring is 1. The molecule has 0 radical (unpaired) electrons. The lowest BCUT2D eigenvalue weighted by Crippen LogP contribution is -1.92. The first-order valence-corrected chi connectivity index (χ1v) is 6.22. The van der Waals surface area contributed by atoms with Gasteiger partial charge in [0.15, 0.2) is 5.95 Å². The van der Waals surface area contributed by atoms with Crippen LogP contribution in [0.15, 0.2) is 22.8 Å². The van der Waals surface area contributed by atoms with Gasteiger partial charge < -0.3 is 15.5 Å². The van der Waals surface area contributed by atoms with Gasteiger partial charge in [-0.3, -0.25) is 0 Å². The van der Waals surface area contributed by atoms with Crippen molar-refractivity contribution < 1.29 is 4.74 Å². The van der Waals surface area contributed by atoms with Crippen molar-refractivity contribution in [1.82, 2.24) is 9.97 Å². The fraction of sp³-hybridized carbons (Fsp3) is 0.182. The highest BCUT2D eigenvalue weighted by Crippen LogP contribution is 2.33. The summed E-state index contributed by atoms with van der Waals surface area (Å²) in [5, 5.41) is 0.554. The van der Waals surface area contributed by atoms with Crippen LogP contribution in [0.1, 0.15) is 6.92 Å². The average molecular weight is 317 g/mol. The van der Waals surface area contributed by atoms with Gasteiger partial charge in [-0.15, -0.1) is 0 Å². The first-order chi connectivity index (χ1) is 8.11. The minimum absolute atomic E-state index is 0.358. The summed E-state index contributed by atoms with van der Waals surface area (Å²) in [6.45, 7) is 2.49. The number of nitrogens with one attached hydrogen (secondary N) is 1. The molecule has 1 aromatic heterocycles. The molecule has 17 heavy (non-hydrogen) atoms. The molecule has 0 saturated heterocycles. The molecule has 1 heterocycles. The van der Waals surface area contributed by atoms with Crippen LogP contribution < -0.4 is 10.5 Å². The van der Waals surface area contributed by atoms with E-state index < -0.39 is 0 Å². The van der Waals surface area contributed by atoms with Gasteiger partial charge in [0.2, 0.25) is 0 Å². The van der Waals surface area contributed by atoms with Gasteiger partial charge >= 0.3 is 0 Å². The molecule has 0 spiro atoms. The number of hydrogen-bond donors (Lipinski definition) is 2. The van der Waals surface area contributed by atoms with Crippen LogP contribution in [0.5, 0.6) is 5.75 Å². The zero-order valence-electron chi connectivity index (χ0n) is 9.13. The monoisotopic (exact) mass is 315 g/mol. The highest BCUT2D eigenvalue weighted by molar-refractivity contribution is 9.10. The topological polar surface area (TPSA) is 63.9 Å². The Labute approximate surface area is 112 Å². The Kier molecular flexibility index (Phi) is 3.59. The van der Waals surface area contributed by atoms with Gasteiger partial charge in [-0.1, -0.05) is 11.6 Å². The molecule has 4 nitrogen and oxygen atoms in total. The Bertz CT molecular complexity index is 542. The second kappa shape index (κ2) is 4.98. The van der Waals surface area contributed by atoms with Crippen LogP contribution >= 0.6 is 27.5 Å². The van der Waals surface area contributed by atoms with Crippen molar-refractivity contribution in [2.75, 3.05) is 12.3 Å². The molecule has 3 N–H and O–H groups in total. The normalized spacial score (nSPS) is 10.5. The van der Waals surface area contributed by atoms with E-state index >= 15 is 0 Å². The Balaban J connectivity index is 2.41. The molecule has 0 saturated carbocycles. The van der Waals surface area contributed by atoms with Gasteiger partial charge in [0.05, 0.1) is 11.6 Å². The first-order valence-electron chi connectivity index (χ1n) is 5.05. The fourth-order valence-corrected chi connectivity index (χ4v) is 2.24. The lowest BCUT2D eigenvalue weighted by Gasteiger charge is -2.06. The highest BCUT2D eigenvalue weighted by Gasteiger charge is 2.11. The number of H-pyrrole nitrogens is 1. The summed E-state index contributed by atoms with van der Waals surface area (Å²) in [6, 6.07) is 5.50. The van der Waals surface area contributed by atoms with E-state index in [4.69, 9.17) is 22.1 Å². The van der Waals surface area contributed by atoms with Crippen LogP contribution in [0.2, 0.25) is 5.02 Å². The number of nitrogens with zero attached hydrogens (tertiary/aromatic N) is 1. The molecule has 2 aromatic rings. The maximum Gasteiger partial charge on any atom is 0.198 e. The van der Waals surface area contributed by atoms with E-state index in [0.717, 1.165) is 15.9 Å². The van der Waals surface area contributed by atoms with Gasteiger partial charge in [0, 0.05) is 5.56 Å². The molecule has 0 amide bonds. The summed E-state index contributed by atoms with van der Waals surface area (Å²) >= 11 is 9.46. The molecule has 0 atom stereocenters. The zero-order valence-corrected chi connectivity index (χ0v) is 11.5. The predicted octanol–water partition coefficient (Wildman–Crippen LogP) is 3.47. The van der Waals surface area contributed by atoms with Crippen LogP contribution in [0.3, 0.4) is 0 Å². The summed E-state index contributed by atoms with van der Waals surface area (Å²) in [4.78, 5) is 7.05. The summed E-state index contributed by atoms with van der Waals surface area (Å²) < 4.78 is 6.10. The number of halogens is 2. The van der Waals surface area contributed by atoms with Crippen molar-refractivity contribution in [2.24, 2.45) is 0 Å². The predicted molar refractivity (Wildman–Crippen MR) is 72.3 cm³/mol. The molecule has 90 valence electrons. The molecule has 0 aliphatic rings. The van der Waals surface area contributed by atoms with Crippen LogP contribution in [-0.2, 0) is 0 Å². The lowest BCUT2D eigenvalue weighted by atomic mass is 10.1. The summed E-state index contributed by atoms with van der Waals surface area (Å²) in [7, 11) is 0. The van der Waals surface area contributed by atoms with Gasteiger partial charge in [-0.25, -0.2) is 4.98 Å². The number of benzene rings is 1. The van der Waals surface area contributed by atoms with E-state index in [0.29, 0.717) is 23.3 Å². The summed E-state index contributed by atoms with van der Waals surface area (Å²) in [6.07, 6.45) is 0. The van der Waals surface area contributed by atoms with Crippen molar-refractivity contribution in [2.45, 2.75) is 6.92 Å². The molecular formula is C11H11BrClN3O. The minimum atomic E-state index is 0.358. The first kappa shape index (κ1) is 12.3. The SMILES string of the molecule is CCOc1ccc(-c2nc(N)[nH]c2Br)cc1Cl. The number of hydrogen-bond acceptors (Lipinski definition) is 3. The van der Waals surface area contributed by atoms with E-state index in [1.807, 2.05) is 19.1 Å². The summed E-state index contributed by atoms with van der Waals surface area (Å²) in [5.41, 5.74) is 7.18. The maximum atomic E-state index is 6.11. The highest BCUT2D eigenvalue weighted by atomic mass is 79.9.